The fraction of sp³-hybridized carbons (Fsp3) is 0.440. The molecule has 9 heteroatoms. The van der Waals surface area contributed by atoms with Crippen molar-refractivity contribution in [2.45, 2.75) is 33.3 Å². The van der Waals surface area contributed by atoms with Crippen molar-refractivity contribution in [1.29, 1.82) is 5.41 Å². The number of carbonyl (C=O) groups excluding carboxylic acids is 2. The van der Waals surface area contributed by atoms with Crippen LogP contribution in [0.4, 0.5) is 4.39 Å². The largest absolute Gasteiger partial charge is 0.381 e. The number of rotatable bonds is 6. The Morgan fingerprint density at radius 2 is 1.79 bits per heavy atom. The zero-order valence-electron chi connectivity index (χ0n) is 20.4. The molecule has 2 heterocycles. The van der Waals surface area contributed by atoms with Crippen LogP contribution >= 0.6 is 0 Å². The van der Waals surface area contributed by atoms with Gasteiger partial charge in [-0.2, -0.15) is 0 Å². The zero-order chi connectivity index (χ0) is 25.5. The highest BCUT2D eigenvalue weighted by atomic mass is 19.1. The Labute approximate surface area is 200 Å². The average molecular weight is 472 g/mol. The highest BCUT2D eigenvalue weighted by Gasteiger charge is 2.30. The summed E-state index contributed by atoms with van der Waals surface area (Å²) < 4.78 is 12.9. The van der Waals surface area contributed by atoms with Crippen molar-refractivity contribution < 1.29 is 19.1 Å². The van der Waals surface area contributed by atoms with Crippen LogP contribution in [0, 0.1) is 17.1 Å². The maximum atomic E-state index is 12.9. The van der Waals surface area contributed by atoms with Crippen LogP contribution in [0.1, 0.15) is 49.6 Å². The third kappa shape index (κ3) is 7.71. The number of aliphatic hydroxyl groups is 1. The Morgan fingerprint density at radius 3 is 2.26 bits per heavy atom. The number of imidazole rings is 1. The van der Waals surface area contributed by atoms with Crippen LogP contribution in [-0.4, -0.2) is 81.6 Å². The molecule has 0 aliphatic carbocycles. The van der Waals surface area contributed by atoms with Crippen molar-refractivity contribution in [3.63, 3.8) is 0 Å². The molecular weight excluding hydrogens is 437 g/mol. The monoisotopic (exact) mass is 471 g/mol. The summed E-state index contributed by atoms with van der Waals surface area (Å²) in [5.74, 6) is 0.192. The van der Waals surface area contributed by atoms with E-state index in [-0.39, 0.29) is 23.4 Å². The van der Waals surface area contributed by atoms with Gasteiger partial charge in [0.25, 0.3) is 5.91 Å². The SMILES string of the molecule is CC(C)/C(=C/C(=N)c1ccc(F)cc1)c1ncc(C=O)[nH]1.CN1CCN(C(=O)C(C)(C)O)CC1. The molecule has 8 nitrogen and oxygen atoms in total. The van der Waals surface area contributed by atoms with Crippen LogP contribution in [-0.2, 0) is 4.79 Å². The Hall–Kier alpha value is -3.17. The molecule has 0 bridgehead atoms. The number of benzene rings is 1. The van der Waals surface area contributed by atoms with Crippen LogP contribution in [0.3, 0.4) is 0 Å². The van der Waals surface area contributed by atoms with E-state index in [4.69, 9.17) is 5.41 Å². The third-order valence-electron chi connectivity index (χ3n) is 5.39. The summed E-state index contributed by atoms with van der Waals surface area (Å²) in [4.78, 5) is 33.3. The van der Waals surface area contributed by atoms with Gasteiger partial charge < -0.3 is 25.3 Å². The number of H-pyrrole nitrogens is 1. The second-order valence-corrected chi connectivity index (χ2v) is 9.13. The second kappa shape index (κ2) is 11.8. The topological polar surface area (TPSA) is 113 Å². The lowest BCUT2D eigenvalue weighted by molar-refractivity contribution is -0.149. The Bertz CT molecular complexity index is 1010. The normalized spacial score (nSPS) is 15.1. The van der Waals surface area contributed by atoms with Gasteiger partial charge in [-0.25, -0.2) is 9.37 Å². The van der Waals surface area contributed by atoms with Gasteiger partial charge in [0.1, 0.15) is 17.2 Å². The van der Waals surface area contributed by atoms with E-state index in [1.807, 2.05) is 20.9 Å². The summed E-state index contributed by atoms with van der Waals surface area (Å²) in [6.45, 7) is 10.3. The minimum Gasteiger partial charge on any atom is -0.381 e. The van der Waals surface area contributed by atoms with Crippen molar-refractivity contribution in [2.24, 2.45) is 5.92 Å². The standard InChI is InChI=1S/C16H16FN3O.C9H18N2O2/c1-10(2)14(16-19-8-13(9-21)20-16)7-15(18)11-3-5-12(17)6-4-11;1-9(2,13)8(12)11-6-4-10(3)5-7-11/h3-10,18H,1-2H3,(H,19,20);13H,4-7H2,1-3H3/b14-7-,18-15?;. The average Bonchev–Trinajstić information content (AvgIpc) is 3.26. The van der Waals surface area contributed by atoms with Crippen molar-refractivity contribution >= 4 is 23.5 Å². The van der Waals surface area contributed by atoms with Crippen LogP contribution in [0.15, 0.2) is 36.5 Å². The molecule has 1 amide bonds. The molecule has 0 unspecified atom stereocenters. The first-order chi connectivity index (χ1) is 15.9. The minimum atomic E-state index is -1.23. The lowest BCUT2D eigenvalue weighted by Crippen LogP contribution is -2.53. The highest BCUT2D eigenvalue weighted by Crippen LogP contribution is 2.21. The van der Waals surface area contributed by atoms with Gasteiger partial charge in [-0.05, 0) is 68.3 Å². The van der Waals surface area contributed by atoms with E-state index < -0.39 is 5.60 Å². The van der Waals surface area contributed by atoms with Crippen LogP contribution in [0.5, 0.6) is 0 Å². The molecule has 0 spiro atoms. The number of nitrogens with one attached hydrogen (secondary N) is 2. The summed E-state index contributed by atoms with van der Waals surface area (Å²) in [5, 5.41) is 17.6. The molecule has 0 saturated carbocycles. The van der Waals surface area contributed by atoms with E-state index in [1.54, 1.807) is 23.1 Å². The predicted molar refractivity (Wildman–Crippen MR) is 130 cm³/mol. The Kier molecular flexibility index (Phi) is 9.40. The summed E-state index contributed by atoms with van der Waals surface area (Å²) in [5.41, 5.74) is 0.873. The van der Waals surface area contributed by atoms with Crippen molar-refractivity contribution in [3.05, 3.63) is 59.4 Å². The number of piperazine rings is 1. The molecule has 2 aromatic rings. The summed E-state index contributed by atoms with van der Waals surface area (Å²) in [6.07, 6.45) is 3.84. The number of hydrogen-bond acceptors (Lipinski definition) is 6. The van der Waals surface area contributed by atoms with Gasteiger partial charge in [0.2, 0.25) is 0 Å². The molecule has 1 aromatic carbocycles. The van der Waals surface area contributed by atoms with E-state index in [1.165, 1.54) is 32.2 Å². The first-order valence-corrected chi connectivity index (χ1v) is 11.2. The molecule has 3 rings (SSSR count). The Morgan fingerprint density at radius 1 is 1.21 bits per heavy atom. The molecule has 0 radical (unpaired) electrons. The van der Waals surface area contributed by atoms with Crippen LogP contribution in [0.25, 0.3) is 5.57 Å². The van der Waals surface area contributed by atoms with E-state index in [0.717, 1.165) is 31.8 Å². The third-order valence-corrected chi connectivity index (χ3v) is 5.39. The fourth-order valence-corrected chi connectivity index (χ4v) is 3.32. The highest BCUT2D eigenvalue weighted by molar-refractivity contribution is 6.10. The van der Waals surface area contributed by atoms with E-state index in [9.17, 15) is 19.1 Å². The Balaban J connectivity index is 0.000000270. The van der Waals surface area contributed by atoms with Crippen LogP contribution in [0.2, 0.25) is 0 Å². The summed E-state index contributed by atoms with van der Waals surface area (Å²) in [6, 6.07) is 5.77. The van der Waals surface area contributed by atoms with E-state index in [0.29, 0.717) is 23.4 Å². The van der Waals surface area contributed by atoms with E-state index >= 15 is 0 Å². The number of allylic oxidation sites excluding steroid dienone is 2. The van der Waals surface area contributed by atoms with Crippen LogP contribution < -0.4 is 0 Å². The first-order valence-electron chi connectivity index (χ1n) is 11.2. The maximum absolute atomic E-state index is 12.9. The number of aromatic amines is 1. The number of halogens is 1. The van der Waals surface area contributed by atoms with Gasteiger partial charge in [0.15, 0.2) is 6.29 Å². The molecule has 3 N–H and O–H groups in total. The van der Waals surface area contributed by atoms with Gasteiger partial charge in [-0.1, -0.05) is 13.8 Å². The van der Waals surface area contributed by atoms with Crippen molar-refractivity contribution in [2.75, 3.05) is 33.2 Å². The number of amides is 1. The number of hydrogen-bond donors (Lipinski definition) is 3. The number of carbonyl (C=O) groups is 2. The van der Waals surface area contributed by atoms with E-state index in [2.05, 4.69) is 14.9 Å². The van der Waals surface area contributed by atoms with Gasteiger partial charge in [0.05, 0.1) is 17.6 Å². The number of nitrogens with zero attached hydrogens (tertiary/aromatic N) is 3. The number of aromatic nitrogens is 2. The smallest absolute Gasteiger partial charge is 0.254 e. The van der Waals surface area contributed by atoms with Crippen molar-refractivity contribution in [1.82, 2.24) is 19.8 Å². The second-order valence-electron chi connectivity index (χ2n) is 9.13. The molecule has 1 aromatic heterocycles. The zero-order valence-corrected chi connectivity index (χ0v) is 20.4. The lowest BCUT2D eigenvalue weighted by atomic mass is 9.98. The molecule has 0 atom stereocenters. The molecule has 184 valence electrons. The van der Waals surface area contributed by atoms with Gasteiger partial charge in [-0.15, -0.1) is 0 Å². The predicted octanol–water partition coefficient (Wildman–Crippen LogP) is 3.00. The van der Waals surface area contributed by atoms with Gasteiger partial charge in [-0.3, -0.25) is 9.59 Å². The molecule has 1 aliphatic rings. The van der Waals surface area contributed by atoms with Crippen molar-refractivity contribution in [3.8, 4) is 0 Å². The van der Waals surface area contributed by atoms with Gasteiger partial charge >= 0.3 is 0 Å². The maximum Gasteiger partial charge on any atom is 0.254 e. The fourth-order valence-electron chi connectivity index (χ4n) is 3.32. The molecule has 1 fully saturated rings. The quantitative estimate of drug-likeness (QED) is 0.443. The van der Waals surface area contributed by atoms with Gasteiger partial charge in [0, 0.05) is 26.2 Å². The number of likely N-dealkylation sites (N-methyl/N-ethyl adjacent to an activating group) is 1. The molecule has 1 saturated heterocycles. The minimum absolute atomic E-state index is 0.122. The lowest BCUT2D eigenvalue weighted by Gasteiger charge is -2.35. The summed E-state index contributed by atoms with van der Waals surface area (Å²) >= 11 is 0. The molecule has 34 heavy (non-hydrogen) atoms. The molecule has 1 aliphatic heterocycles. The summed E-state index contributed by atoms with van der Waals surface area (Å²) in [7, 11) is 2.03. The molecular formula is C25H34FN5O3. The first kappa shape index (κ1) is 27.1. The number of aldehydes is 1.